The van der Waals surface area contributed by atoms with Crippen molar-refractivity contribution in [2.75, 3.05) is 0 Å². The van der Waals surface area contributed by atoms with Gasteiger partial charge in [0.1, 0.15) is 0 Å². The molecule has 0 aliphatic heterocycles. The van der Waals surface area contributed by atoms with Crippen LogP contribution >= 0.6 is 46.6 Å². The van der Waals surface area contributed by atoms with Gasteiger partial charge in [0.2, 0.25) is 0 Å². The first-order chi connectivity index (χ1) is 7.94. The topological polar surface area (TPSA) is 15.8 Å². The van der Waals surface area contributed by atoms with Crippen LogP contribution in [0.15, 0.2) is 41.4 Å². The van der Waals surface area contributed by atoms with Crippen LogP contribution in [0.4, 0.5) is 4.39 Å². The van der Waals surface area contributed by atoms with Crippen LogP contribution < -0.4 is 0 Å². The van der Waals surface area contributed by atoms with E-state index in [0.717, 1.165) is 11.3 Å². The summed E-state index contributed by atoms with van der Waals surface area (Å²) in [5.74, 6) is 0. The van der Waals surface area contributed by atoms with Crippen LogP contribution in [0.3, 0.4) is 0 Å². The molecule has 0 unspecified atom stereocenters. The van der Waals surface area contributed by atoms with E-state index in [4.69, 9.17) is 34.8 Å². The maximum atomic E-state index is 13.0. The minimum absolute atomic E-state index is 0.549. The number of nitrogens with one attached hydrogen (secondary N) is 1. The monoisotopic (exact) mass is 309 g/mol. The largest absolute Gasteiger partial charge is 0.350 e. The van der Waals surface area contributed by atoms with Crippen molar-refractivity contribution in [2.24, 2.45) is 0 Å². The molecule has 0 aliphatic carbocycles. The number of alkyl halides is 3. The third kappa shape index (κ3) is 3.81. The Hall–Kier alpha value is -0.350. The average molecular weight is 311 g/mol. The lowest BCUT2D eigenvalue weighted by Crippen LogP contribution is -1.94. The Morgan fingerprint density at radius 1 is 1.18 bits per heavy atom. The van der Waals surface area contributed by atoms with Gasteiger partial charge in [-0.2, -0.15) is 4.39 Å². The van der Waals surface area contributed by atoms with Crippen molar-refractivity contribution in [1.29, 1.82) is 0 Å². The van der Waals surface area contributed by atoms with Gasteiger partial charge in [-0.25, -0.2) is 0 Å². The van der Waals surface area contributed by atoms with Crippen LogP contribution in [0, 0.1) is 0 Å². The fourth-order valence-electron chi connectivity index (χ4n) is 1.38. The van der Waals surface area contributed by atoms with Gasteiger partial charge in [0.25, 0.3) is 0 Å². The lowest BCUT2D eigenvalue weighted by molar-refractivity contribution is 0.515. The molecule has 90 valence electrons. The van der Waals surface area contributed by atoms with E-state index in [-0.39, 0.29) is 0 Å². The highest BCUT2D eigenvalue weighted by atomic mass is 35.5. The maximum Gasteiger partial charge on any atom is 0.310 e. The molecule has 0 aliphatic rings. The molecule has 0 bridgehead atoms. The molecule has 2 aromatic rings. The molecule has 1 N–H and O–H groups in total. The third-order valence-corrected chi connectivity index (χ3v) is 3.41. The number of aromatic amines is 1. The van der Waals surface area contributed by atoms with E-state index >= 15 is 0 Å². The van der Waals surface area contributed by atoms with E-state index < -0.39 is 3.92 Å². The molecule has 2 rings (SSSR count). The first kappa shape index (κ1) is 13.1. The van der Waals surface area contributed by atoms with Crippen molar-refractivity contribution in [3.63, 3.8) is 0 Å². The Labute approximate surface area is 117 Å². The minimum atomic E-state index is -2.34. The normalized spacial score (nSPS) is 11.8. The molecule has 0 saturated heterocycles. The van der Waals surface area contributed by atoms with Gasteiger partial charge in [-0.15, -0.1) is 0 Å². The molecule has 1 nitrogen and oxygen atoms in total. The van der Waals surface area contributed by atoms with E-state index in [1.165, 1.54) is 0 Å². The molecule has 0 saturated carbocycles. The standard InChI is InChI=1S/C11H7Cl3FNS/c12-8-3-1-2-7(6-8)9-4-5-10(16-9)17-11(13,14)15/h1-6,16H. The van der Waals surface area contributed by atoms with Gasteiger partial charge >= 0.3 is 3.92 Å². The molecule has 17 heavy (non-hydrogen) atoms. The highest BCUT2D eigenvalue weighted by Crippen LogP contribution is 2.41. The number of hydrogen-bond donors (Lipinski definition) is 1. The maximum absolute atomic E-state index is 13.0. The van der Waals surface area contributed by atoms with Crippen molar-refractivity contribution in [3.05, 3.63) is 41.4 Å². The summed E-state index contributed by atoms with van der Waals surface area (Å²) in [5.41, 5.74) is 1.74. The average Bonchev–Trinajstić information content (AvgIpc) is 2.63. The molecule has 0 spiro atoms. The van der Waals surface area contributed by atoms with E-state index in [2.05, 4.69) is 4.98 Å². The molecule has 0 radical (unpaired) electrons. The molecular weight excluding hydrogens is 304 g/mol. The smallest absolute Gasteiger partial charge is 0.310 e. The number of benzene rings is 1. The fraction of sp³-hybridized carbons (Fsp3) is 0.0909. The van der Waals surface area contributed by atoms with Crippen LogP contribution in [0.2, 0.25) is 5.02 Å². The molecular formula is C11H7Cl3FNS. The van der Waals surface area contributed by atoms with E-state index in [0.29, 0.717) is 21.8 Å². The highest BCUT2D eigenvalue weighted by molar-refractivity contribution is 8.03. The van der Waals surface area contributed by atoms with Gasteiger partial charge in [-0.1, -0.05) is 46.9 Å². The van der Waals surface area contributed by atoms with Crippen molar-refractivity contribution in [2.45, 2.75) is 8.95 Å². The van der Waals surface area contributed by atoms with Crippen LogP contribution in [0.5, 0.6) is 0 Å². The van der Waals surface area contributed by atoms with Gasteiger partial charge in [-0.05, 0) is 41.6 Å². The Morgan fingerprint density at radius 3 is 2.59 bits per heavy atom. The van der Waals surface area contributed by atoms with Crippen LogP contribution in [-0.4, -0.2) is 8.90 Å². The first-order valence-corrected chi connectivity index (χ1v) is 6.60. The SMILES string of the molecule is FC(Cl)(Cl)Sc1ccc(-c2cccc(Cl)c2)[nH]1. The van der Waals surface area contributed by atoms with Crippen LogP contribution in [0.1, 0.15) is 0 Å². The summed E-state index contributed by atoms with van der Waals surface area (Å²) < 4.78 is 10.7. The van der Waals surface area contributed by atoms with Gasteiger partial charge in [0.15, 0.2) is 0 Å². The van der Waals surface area contributed by atoms with Crippen molar-refractivity contribution in [3.8, 4) is 11.3 Å². The second kappa shape index (κ2) is 5.11. The summed E-state index contributed by atoms with van der Waals surface area (Å²) in [6.07, 6.45) is 0. The van der Waals surface area contributed by atoms with Crippen LogP contribution in [0.25, 0.3) is 11.3 Å². The zero-order valence-electron chi connectivity index (χ0n) is 8.38. The molecule has 0 amide bonds. The summed E-state index contributed by atoms with van der Waals surface area (Å²) in [7, 11) is 0. The Morgan fingerprint density at radius 2 is 1.94 bits per heavy atom. The number of thioether (sulfide) groups is 1. The van der Waals surface area contributed by atoms with Gasteiger partial charge in [0.05, 0.1) is 5.03 Å². The minimum Gasteiger partial charge on any atom is -0.350 e. The predicted octanol–water partition coefficient (Wildman–Crippen LogP) is 5.49. The summed E-state index contributed by atoms with van der Waals surface area (Å²) in [4.78, 5) is 3.01. The van der Waals surface area contributed by atoms with Crippen LogP contribution in [-0.2, 0) is 0 Å². The zero-order chi connectivity index (χ0) is 12.5. The van der Waals surface area contributed by atoms with Crippen molar-refractivity contribution in [1.82, 2.24) is 4.98 Å². The molecule has 6 heteroatoms. The number of aromatic nitrogens is 1. The molecule has 0 fully saturated rings. The quantitative estimate of drug-likeness (QED) is 0.586. The fourth-order valence-corrected chi connectivity index (χ4v) is 2.62. The summed E-state index contributed by atoms with van der Waals surface area (Å²) in [6.45, 7) is 0. The molecule has 1 aromatic heterocycles. The summed E-state index contributed by atoms with van der Waals surface area (Å²) in [6, 6.07) is 10.9. The van der Waals surface area contributed by atoms with Gasteiger partial charge in [0, 0.05) is 10.7 Å². The number of halogens is 4. The molecule has 0 atom stereocenters. The lowest BCUT2D eigenvalue weighted by Gasteiger charge is -2.05. The van der Waals surface area contributed by atoms with Crippen molar-refractivity contribution < 1.29 is 4.39 Å². The summed E-state index contributed by atoms with van der Waals surface area (Å²) >= 11 is 17.1. The zero-order valence-corrected chi connectivity index (χ0v) is 11.5. The van der Waals surface area contributed by atoms with E-state index in [9.17, 15) is 4.39 Å². The predicted molar refractivity (Wildman–Crippen MR) is 72.6 cm³/mol. The number of hydrogen-bond acceptors (Lipinski definition) is 1. The molecule has 1 aromatic carbocycles. The highest BCUT2D eigenvalue weighted by Gasteiger charge is 2.24. The number of H-pyrrole nitrogens is 1. The Bertz CT molecular complexity index is 521. The van der Waals surface area contributed by atoms with Gasteiger partial charge in [-0.3, -0.25) is 0 Å². The van der Waals surface area contributed by atoms with E-state index in [1.807, 2.05) is 24.3 Å². The van der Waals surface area contributed by atoms with Crippen molar-refractivity contribution >= 4 is 46.6 Å². The summed E-state index contributed by atoms with van der Waals surface area (Å²) in [5, 5.41) is 1.19. The number of rotatable bonds is 3. The van der Waals surface area contributed by atoms with E-state index in [1.54, 1.807) is 12.1 Å². The first-order valence-electron chi connectivity index (χ1n) is 4.65. The molecule has 1 heterocycles. The van der Waals surface area contributed by atoms with Gasteiger partial charge < -0.3 is 4.98 Å². The Balaban J connectivity index is 2.24. The lowest BCUT2D eigenvalue weighted by atomic mass is 10.2. The third-order valence-electron chi connectivity index (χ3n) is 2.02. The Kier molecular flexibility index (Phi) is 3.93. The second-order valence-electron chi connectivity index (χ2n) is 3.29. The second-order valence-corrected chi connectivity index (χ2v) is 6.62.